The number of aliphatic imine (C=N–C) groups is 1. The number of rotatable bonds is 4. The molecule has 0 saturated carbocycles. The van der Waals surface area contributed by atoms with Gasteiger partial charge in [0.05, 0.1) is 0 Å². The molecule has 2 aromatic heterocycles. The van der Waals surface area contributed by atoms with Gasteiger partial charge in [-0.3, -0.25) is 10.3 Å². The molecule has 0 unspecified atom stereocenters. The molecule has 24 heavy (non-hydrogen) atoms. The van der Waals surface area contributed by atoms with E-state index < -0.39 is 0 Å². The third kappa shape index (κ3) is 3.68. The first-order chi connectivity index (χ1) is 11.5. The van der Waals surface area contributed by atoms with Crippen molar-refractivity contribution in [3.8, 4) is 0 Å². The number of nitrogens with two attached hydrogens (primary N) is 1. The zero-order chi connectivity index (χ0) is 17.1. The first-order valence-corrected chi connectivity index (χ1v) is 7.66. The third-order valence-corrected chi connectivity index (χ3v) is 3.61. The minimum Gasteiger partial charge on any atom is -0.370 e. The molecule has 0 bridgehead atoms. The van der Waals surface area contributed by atoms with Gasteiger partial charge in [-0.2, -0.15) is 0 Å². The van der Waals surface area contributed by atoms with E-state index in [4.69, 9.17) is 5.73 Å². The van der Waals surface area contributed by atoms with Crippen LogP contribution >= 0.6 is 0 Å². The van der Waals surface area contributed by atoms with E-state index in [-0.39, 0.29) is 11.8 Å². The van der Waals surface area contributed by atoms with E-state index in [0.29, 0.717) is 18.9 Å². The van der Waals surface area contributed by atoms with Crippen molar-refractivity contribution in [1.82, 2.24) is 15.0 Å². The van der Waals surface area contributed by atoms with Crippen LogP contribution in [-0.4, -0.2) is 27.5 Å². The number of benzene rings is 1. The fraction of sp³-hybridized carbons (Fsp3) is 0.235. The molecule has 0 aliphatic heterocycles. The molecule has 0 aliphatic rings. The number of aromatic amines is 1. The van der Waals surface area contributed by atoms with Gasteiger partial charge < -0.3 is 10.7 Å². The highest BCUT2D eigenvalue weighted by atomic mass is 19.1. The summed E-state index contributed by atoms with van der Waals surface area (Å²) in [6.07, 6.45) is 2.52. The van der Waals surface area contributed by atoms with Gasteiger partial charge in [-0.25, -0.2) is 14.4 Å². The van der Waals surface area contributed by atoms with Crippen molar-refractivity contribution in [2.24, 2.45) is 10.7 Å². The number of aromatic nitrogens is 3. The van der Waals surface area contributed by atoms with E-state index in [1.165, 1.54) is 12.1 Å². The van der Waals surface area contributed by atoms with Crippen LogP contribution < -0.4 is 11.1 Å². The van der Waals surface area contributed by atoms with Crippen LogP contribution in [0, 0.1) is 19.7 Å². The van der Waals surface area contributed by atoms with Crippen molar-refractivity contribution in [3.63, 3.8) is 0 Å². The average Bonchev–Trinajstić information content (AvgIpc) is 2.88. The lowest BCUT2D eigenvalue weighted by atomic mass is 10.1. The Kier molecular flexibility index (Phi) is 4.41. The summed E-state index contributed by atoms with van der Waals surface area (Å²) in [4.78, 5) is 15.9. The first-order valence-electron chi connectivity index (χ1n) is 7.66. The van der Waals surface area contributed by atoms with Gasteiger partial charge in [0.2, 0.25) is 5.95 Å². The molecule has 0 fully saturated rings. The lowest BCUT2D eigenvalue weighted by Crippen LogP contribution is -2.24. The predicted molar refractivity (Wildman–Crippen MR) is 93.6 cm³/mol. The Bertz CT molecular complexity index is 879. The second-order valence-corrected chi connectivity index (χ2v) is 5.62. The number of anilines is 1. The number of nitrogens with zero attached hydrogens (tertiary/aromatic N) is 3. The summed E-state index contributed by atoms with van der Waals surface area (Å²) in [5.41, 5.74) is 9.50. The molecule has 0 radical (unpaired) electrons. The van der Waals surface area contributed by atoms with E-state index in [9.17, 15) is 4.39 Å². The lowest BCUT2D eigenvalue weighted by molar-refractivity contribution is 0.629. The Balaban J connectivity index is 1.65. The number of halogens is 1. The second kappa shape index (κ2) is 6.66. The number of H-pyrrole nitrogens is 1. The molecule has 0 spiro atoms. The smallest absolute Gasteiger partial charge is 0.229 e. The fourth-order valence-electron chi connectivity index (χ4n) is 2.59. The SMILES string of the molecule is Cc1cc(C)nc(NC(N)=NCCc2c[nH]c3ccc(F)cc23)n1. The number of hydrogen-bond acceptors (Lipinski definition) is 3. The standard InChI is InChI=1S/C17H19FN6/c1-10-7-11(2)23-17(22-10)24-16(19)20-6-5-12-9-21-15-4-3-13(18)8-14(12)15/h3-4,7-9,21H,5-6H2,1-2H3,(H3,19,20,22,23,24). The highest BCUT2D eigenvalue weighted by molar-refractivity contribution is 5.90. The van der Waals surface area contributed by atoms with Crippen molar-refractivity contribution in [2.45, 2.75) is 20.3 Å². The molecule has 3 rings (SSSR count). The van der Waals surface area contributed by atoms with E-state index >= 15 is 0 Å². The van der Waals surface area contributed by atoms with E-state index in [1.807, 2.05) is 26.1 Å². The maximum atomic E-state index is 13.4. The molecule has 0 atom stereocenters. The van der Waals surface area contributed by atoms with E-state index in [1.54, 1.807) is 6.07 Å². The molecule has 2 heterocycles. The number of fused-ring (bicyclic) bond motifs is 1. The van der Waals surface area contributed by atoms with Gasteiger partial charge in [0.25, 0.3) is 0 Å². The Morgan fingerprint density at radius 2 is 2.00 bits per heavy atom. The normalized spacial score (nSPS) is 11.9. The molecule has 0 amide bonds. The zero-order valence-corrected chi connectivity index (χ0v) is 13.6. The van der Waals surface area contributed by atoms with Gasteiger partial charge in [-0.15, -0.1) is 0 Å². The van der Waals surface area contributed by atoms with Crippen LogP contribution in [0.2, 0.25) is 0 Å². The van der Waals surface area contributed by atoms with Gasteiger partial charge in [0.1, 0.15) is 5.82 Å². The van der Waals surface area contributed by atoms with Crippen LogP contribution in [0.3, 0.4) is 0 Å². The molecule has 6 nitrogen and oxygen atoms in total. The van der Waals surface area contributed by atoms with Crippen molar-refractivity contribution >= 4 is 22.8 Å². The maximum Gasteiger partial charge on any atom is 0.229 e. The Hall–Kier alpha value is -2.96. The van der Waals surface area contributed by atoms with Gasteiger partial charge >= 0.3 is 0 Å². The Morgan fingerprint density at radius 1 is 1.25 bits per heavy atom. The quantitative estimate of drug-likeness (QED) is 0.508. The third-order valence-electron chi connectivity index (χ3n) is 3.61. The van der Waals surface area contributed by atoms with E-state index in [2.05, 4.69) is 25.3 Å². The first kappa shape index (κ1) is 15.9. The Morgan fingerprint density at radius 3 is 2.75 bits per heavy atom. The summed E-state index contributed by atoms with van der Waals surface area (Å²) in [5.74, 6) is 0.439. The molecular weight excluding hydrogens is 307 g/mol. The largest absolute Gasteiger partial charge is 0.370 e. The Labute approximate surface area is 139 Å². The summed E-state index contributed by atoms with van der Waals surface area (Å²) >= 11 is 0. The minimum atomic E-state index is -0.250. The summed E-state index contributed by atoms with van der Waals surface area (Å²) in [6.45, 7) is 4.26. The maximum absolute atomic E-state index is 13.4. The van der Waals surface area contributed by atoms with Crippen LogP contribution in [0.5, 0.6) is 0 Å². The minimum absolute atomic E-state index is 0.250. The number of guanidine groups is 1. The monoisotopic (exact) mass is 326 g/mol. The topological polar surface area (TPSA) is 92.0 Å². The van der Waals surface area contributed by atoms with Crippen LogP contribution in [0.25, 0.3) is 10.9 Å². The second-order valence-electron chi connectivity index (χ2n) is 5.62. The van der Waals surface area contributed by atoms with Crippen molar-refractivity contribution < 1.29 is 4.39 Å². The van der Waals surface area contributed by atoms with Crippen LogP contribution in [-0.2, 0) is 6.42 Å². The number of aryl methyl sites for hydroxylation is 2. The zero-order valence-electron chi connectivity index (χ0n) is 13.6. The van der Waals surface area contributed by atoms with E-state index in [0.717, 1.165) is 27.9 Å². The average molecular weight is 326 g/mol. The van der Waals surface area contributed by atoms with Crippen LogP contribution in [0.15, 0.2) is 35.5 Å². The molecule has 0 aliphatic carbocycles. The molecular formula is C17H19FN6. The van der Waals surface area contributed by atoms with Gasteiger partial charge in [0.15, 0.2) is 5.96 Å². The number of nitrogens with one attached hydrogen (secondary N) is 2. The number of hydrogen-bond donors (Lipinski definition) is 3. The van der Waals surface area contributed by atoms with Crippen molar-refractivity contribution in [2.75, 3.05) is 11.9 Å². The van der Waals surface area contributed by atoms with Crippen LogP contribution in [0.1, 0.15) is 17.0 Å². The summed E-state index contributed by atoms with van der Waals surface area (Å²) in [5, 5.41) is 3.76. The van der Waals surface area contributed by atoms with Crippen molar-refractivity contribution in [1.29, 1.82) is 0 Å². The van der Waals surface area contributed by atoms with Crippen LogP contribution in [0.4, 0.5) is 10.3 Å². The summed E-state index contributed by atoms with van der Waals surface area (Å²) < 4.78 is 13.4. The van der Waals surface area contributed by atoms with Gasteiger partial charge in [-0.05, 0) is 50.1 Å². The summed E-state index contributed by atoms with van der Waals surface area (Å²) in [7, 11) is 0. The van der Waals surface area contributed by atoms with Gasteiger partial charge in [0, 0.05) is 35.0 Å². The predicted octanol–water partition coefficient (Wildman–Crippen LogP) is 2.68. The highest BCUT2D eigenvalue weighted by Crippen LogP contribution is 2.19. The molecule has 3 aromatic rings. The van der Waals surface area contributed by atoms with Gasteiger partial charge in [-0.1, -0.05) is 0 Å². The molecule has 7 heteroatoms. The molecule has 4 N–H and O–H groups in total. The fourth-order valence-corrected chi connectivity index (χ4v) is 2.59. The summed E-state index contributed by atoms with van der Waals surface area (Å²) in [6, 6.07) is 6.57. The highest BCUT2D eigenvalue weighted by Gasteiger charge is 2.05. The lowest BCUT2D eigenvalue weighted by Gasteiger charge is -2.05. The molecule has 1 aromatic carbocycles. The molecule has 0 saturated heterocycles. The molecule has 124 valence electrons. The van der Waals surface area contributed by atoms with Crippen molar-refractivity contribution in [3.05, 3.63) is 53.2 Å².